The highest BCUT2D eigenvalue weighted by atomic mass is 16.7. The van der Waals surface area contributed by atoms with Crippen LogP contribution in [0.4, 0.5) is 0 Å². The van der Waals surface area contributed by atoms with E-state index >= 15 is 0 Å². The van der Waals surface area contributed by atoms with Gasteiger partial charge in [-0.2, -0.15) is 0 Å². The van der Waals surface area contributed by atoms with Crippen LogP contribution in [0.15, 0.2) is 0 Å². The molecule has 68 valence electrons. The van der Waals surface area contributed by atoms with Crippen molar-refractivity contribution in [3.05, 3.63) is 0 Å². The zero-order valence-corrected chi connectivity index (χ0v) is 6.73. The summed E-state index contributed by atoms with van der Waals surface area (Å²) in [6, 6.07) is 0. The van der Waals surface area contributed by atoms with Gasteiger partial charge in [0.25, 0.3) is 0 Å². The zero-order chi connectivity index (χ0) is 8.55. The number of carboxylic acid groups (broad SMARTS) is 1. The van der Waals surface area contributed by atoms with E-state index < -0.39 is 5.97 Å². The van der Waals surface area contributed by atoms with E-state index in [4.69, 9.17) is 14.6 Å². The molecular formula is C8H12O4. The summed E-state index contributed by atoms with van der Waals surface area (Å²) in [7, 11) is 0. The Morgan fingerprint density at radius 1 is 1.50 bits per heavy atom. The molecule has 2 fully saturated rings. The summed E-state index contributed by atoms with van der Waals surface area (Å²) in [5.41, 5.74) is 0. The van der Waals surface area contributed by atoms with E-state index in [1.807, 2.05) is 0 Å². The molecule has 12 heavy (non-hydrogen) atoms. The van der Waals surface area contributed by atoms with Crippen molar-refractivity contribution in [1.82, 2.24) is 0 Å². The lowest BCUT2D eigenvalue weighted by Crippen LogP contribution is -2.17. The van der Waals surface area contributed by atoms with Gasteiger partial charge in [0.15, 0.2) is 6.29 Å². The summed E-state index contributed by atoms with van der Waals surface area (Å²) in [5.74, 6) is -0.257. The molecular weight excluding hydrogens is 160 g/mol. The van der Waals surface area contributed by atoms with Crippen molar-refractivity contribution < 1.29 is 19.4 Å². The van der Waals surface area contributed by atoms with Gasteiger partial charge in [-0.15, -0.1) is 0 Å². The van der Waals surface area contributed by atoms with Crippen LogP contribution in [0.25, 0.3) is 0 Å². The Bertz CT molecular complexity index is 191. The number of carbonyl (C=O) groups is 1. The Labute approximate surface area is 70.5 Å². The molecule has 2 aliphatic heterocycles. The number of carboxylic acids is 1. The molecule has 0 radical (unpaired) electrons. The molecule has 0 amide bonds. The van der Waals surface area contributed by atoms with Gasteiger partial charge in [0.05, 0.1) is 19.6 Å². The molecule has 3 atom stereocenters. The van der Waals surface area contributed by atoms with E-state index in [-0.39, 0.29) is 18.6 Å². The Morgan fingerprint density at radius 2 is 2.33 bits per heavy atom. The van der Waals surface area contributed by atoms with Crippen LogP contribution in [0, 0.1) is 11.8 Å². The number of rotatable bonds is 2. The first-order valence-electron chi connectivity index (χ1n) is 4.22. The highest BCUT2D eigenvalue weighted by Crippen LogP contribution is 2.36. The van der Waals surface area contributed by atoms with E-state index in [1.165, 1.54) is 0 Å². The standard InChI is InChI=1S/C8H12O4/c9-7(10)3-5-4-12-8-6(5)1-2-11-8/h5-6,8H,1-4H2,(H,9,10)/t5-,6+,8-/m1/s1. The quantitative estimate of drug-likeness (QED) is 0.657. The van der Waals surface area contributed by atoms with Crippen molar-refractivity contribution in [2.45, 2.75) is 19.1 Å². The first-order valence-corrected chi connectivity index (χ1v) is 4.22. The molecule has 0 aliphatic carbocycles. The lowest BCUT2D eigenvalue weighted by Gasteiger charge is -2.11. The first-order chi connectivity index (χ1) is 5.77. The maximum Gasteiger partial charge on any atom is 0.303 e. The van der Waals surface area contributed by atoms with E-state index in [1.54, 1.807) is 0 Å². The molecule has 0 aromatic carbocycles. The van der Waals surface area contributed by atoms with Crippen LogP contribution in [0.1, 0.15) is 12.8 Å². The third-order valence-corrected chi connectivity index (χ3v) is 2.60. The molecule has 0 saturated carbocycles. The molecule has 2 heterocycles. The molecule has 1 N–H and O–H groups in total. The number of fused-ring (bicyclic) bond motifs is 1. The monoisotopic (exact) mass is 172 g/mol. The number of hydrogen-bond donors (Lipinski definition) is 1. The van der Waals surface area contributed by atoms with Gasteiger partial charge < -0.3 is 14.6 Å². The number of ether oxygens (including phenoxy) is 2. The Hall–Kier alpha value is -0.610. The Morgan fingerprint density at radius 3 is 3.08 bits per heavy atom. The lowest BCUT2D eigenvalue weighted by atomic mass is 9.91. The Kier molecular flexibility index (Phi) is 2.02. The molecule has 0 bridgehead atoms. The number of aliphatic carboxylic acids is 1. The average Bonchev–Trinajstić information content (AvgIpc) is 2.52. The van der Waals surface area contributed by atoms with Crippen molar-refractivity contribution in [3.63, 3.8) is 0 Å². The van der Waals surface area contributed by atoms with Crippen LogP contribution in [-0.4, -0.2) is 30.6 Å². The van der Waals surface area contributed by atoms with Crippen molar-refractivity contribution in [3.8, 4) is 0 Å². The van der Waals surface area contributed by atoms with Crippen molar-refractivity contribution in [1.29, 1.82) is 0 Å². The highest BCUT2D eigenvalue weighted by molar-refractivity contribution is 5.67. The molecule has 2 rings (SSSR count). The fourth-order valence-electron chi connectivity index (χ4n) is 1.99. The number of hydrogen-bond acceptors (Lipinski definition) is 3. The van der Waals surface area contributed by atoms with Gasteiger partial charge in [0.2, 0.25) is 0 Å². The summed E-state index contributed by atoms with van der Waals surface area (Å²) >= 11 is 0. The predicted molar refractivity (Wildman–Crippen MR) is 39.5 cm³/mol. The van der Waals surface area contributed by atoms with Crippen LogP contribution in [0.2, 0.25) is 0 Å². The summed E-state index contributed by atoms with van der Waals surface area (Å²) < 4.78 is 10.6. The molecule has 0 unspecified atom stereocenters. The minimum atomic E-state index is -0.740. The fraction of sp³-hybridized carbons (Fsp3) is 0.875. The second-order valence-electron chi connectivity index (χ2n) is 3.38. The van der Waals surface area contributed by atoms with Gasteiger partial charge in [-0.3, -0.25) is 4.79 Å². The largest absolute Gasteiger partial charge is 0.481 e. The van der Waals surface area contributed by atoms with Crippen molar-refractivity contribution in [2.24, 2.45) is 11.8 Å². The van der Waals surface area contributed by atoms with Crippen LogP contribution in [-0.2, 0) is 14.3 Å². The predicted octanol–water partition coefficient (Wildman–Crippen LogP) is 0.470. The molecule has 2 saturated heterocycles. The van der Waals surface area contributed by atoms with Crippen LogP contribution in [0.3, 0.4) is 0 Å². The molecule has 0 aromatic heterocycles. The zero-order valence-electron chi connectivity index (χ0n) is 6.73. The van der Waals surface area contributed by atoms with E-state index in [9.17, 15) is 4.79 Å². The van der Waals surface area contributed by atoms with Gasteiger partial charge in [0, 0.05) is 11.8 Å². The summed E-state index contributed by atoms with van der Waals surface area (Å²) in [6.07, 6.45) is 1.04. The minimum absolute atomic E-state index is 0.116. The Balaban J connectivity index is 1.95. The molecule has 0 aromatic rings. The molecule has 2 aliphatic rings. The van der Waals surface area contributed by atoms with Gasteiger partial charge in [-0.1, -0.05) is 0 Å². The second kappa shape index (κ2) is 3.03. The van der Waals surface area contributed by atoms with Gasteiger partial charge in [-0.05, 0) is 6.42 Å². The summed E-state index contributed by atoms with van der Waals surface area (Å²) in [5, 5.41) is 8.60. The maximum absolute atomic E-state index is 10.4. The SMILES string of the molecule is O=C(O)C[C@@H]1CO[C@H]2OCC[C@@H]12. The third-order valence-electron chi connectivity index (χ3n) is 2.60. The first kappa shape index (κ1) is 8.01. The second-order valence-corrected chi connectivity index (χ2v) is 3.38. The van der Waals surface area contributed by atoms with Crippen LogP contribution >= 0.6 is 0 Å². The maximum atomic E-state index is 10.4. The molecule has 4 nitrogen and oxygen atoms in total. The smallest absolute Gasteiger partial charge is 0.303 e. The summed E-state index contributed by atoms with van der Waals surface area (Å²) in [4.78, 5) is 10.4. The van der Waals surface area contributed by atoms with Gasteiger partial charge in [-0.25, -0.2) is 0 Å². The average molecular weight is 172 g/mol. The van der Waals surface area contributed by atoms with Gasteiger partial charge in [0.1, 0.15) is 0 Å². The van der Waals surface area contributed by atoms with Crippen molar-refractivity contribution in [2.75, 3.05) is 13.2 Å². The molecule has 0 spiro atoms. The minimum Gasteiger partial charge on any atom is -0.481 e. The van der Waals surface area contributed by atoms with E-state index in [0.29, 0.717) is 19.1 Å². The van der Waals surface area contributed by atoms with Crippen molar-refractivity contribution >= 4 is 5.97 Å². The summed E-state index contributed by atoms with van der Waals surface area (Å²) in [6.45, 7) is 1.26. The molecule has 4 heteroatoms. The normalized spacial score (nSPS) is 39.8. The van der Waals surface area contributed by atoms with E-state index in [0.717, 1.165) is 6.42 Å². The van der Waals surface area contributed by atoms with E-state index in [2.05, 4.69) is 0 Å². The van der Waals surface area contributed by atoms with Crippen LogP contribution in [0.5, 0.6) is 0 Å². The third kappa shape index (κ3) is 1.32. The topological polar surface area (TPSA) is 55.8 Å². The lowest BCUT2D eigenvalue weighted by molar-refractivity contribution is -0.138. The highest BCUT2D eigenvalue weighted by Gasteiger charge is 2.42. The van der Waals surface area contributed by atoms with Crippen LogP contribution < -0.4 is 0 Å². The van der Waals surface area contributed by atoms with Gasteiger partial charge >= 0.3 is 5.97 Å². The fourth-order valence-corrected chi connectivity index (χ4v) is 1.99.